The van der Waals surface area contributed by atoms with Crippen LogP contribution in [0.2, 0.25) is 0 Å². The average molecular weight is 1780 g/mol. The van der Waals surface area contributed by atoms with Crippen molar-refractivity contribution in [2.75, 3.05) is 248 Å². The maximum absolute atomic E-state index is 12.4. The van der Waals surface area contributed by atoms with Crippen LogP contribution in [0.25, 0.3) is 0 Å². The Bertz CT molecular complexity index is 727. The van der Waals surface area contributed by atoms with E-state index in [-0.39, 0.29) is 161 Å². The minimum absolute atomic E-state index is 0. The zero-order valence-corrected chi connectivity index (χ0v) is 60.9. The Morgan fingerprint density at radius 3 is 0.243 bits per heavy atom. The van der Waals surface area contributed by atoms with E-state index in [4.69, 9.17) is 0 Å². The molecule has 0 heterocycles. The SMILES string of the molecule is CN(C)CC([O-])(CN(C)C)CN(C)C.CN(C)CC([O-])(CN(C)C)CN(C)C.CN(C)CC([O-])(CN(C)C)CN(C)C.CN(C)CC([O-])(CN(C)C)CN(C)C.O.O.O.O.[O-2].[O-2].[O-2].[O-2].[O-2].[O-2].[O-2].[O-2].[O-2].[O-2].[W].[W].[W].[W]. The molecule has 0 spiro atoms. The van der Waals surface area contributed by atoms with Gasteiger partial charge < -0.3 is 156 Å². The van der Waals surface area contributed by atoms with E-state index in [0.717, 1.165) is 0 Å². The predicted octanol–water partition coefficient (Wildman–Crippen LogP) is -9.42. The van der Waals surface area contributed by atoms with Gasteiger partial charge in [0.2, 0.25) is 0 Å². The third-order valence-electron chi connectivity index (χ3n) is 7.25. The van der Waals surface area contributed by atoms with Gasteiger partial charge in [-0.2, -0.15) is 0 Å². The molecule has 0 bridgehead atoms. The molecule has 0 aromatic carbocycles. The molecule has 0 aromatic heterocycles. The molecule has 30 nitrogen and oxygen atoms in total. The van der Waals surface area contributed by atoms with Crippen molar-refractivity contribution in [2.24, 2.45) is 0 Å². The smallest absolute Gasteiger partial charge is 0 e. The number of rotatable bonds is 24. The fraction of sp³-hybridized carbons (Fsp3) is 1.00. The molecule has 0 amide bonds. The van der Waals surface area contributed by atoms with Gasteiger partial charge in [-0.25, -0.2) is 0 Å². The Labute approximate surface area is 507 Å². The summed E-state index contributed by atoms with van der Waals surface area (Å²) in [5.41, 5.74) is -3.62. The van der Waals surface area contributed by atoms with Crippen LogP contribution >= 0.6 is 0 Å². The van der Waals surface area contributed by atoms with E-state index in [2.05, 4.69) is 0 Å². The van der Waals surface area contributed by atoms with E-state index in [1.165, 1.54) is 0 Å². The quantitative estimate of drug-likeness (QED) is 0.0866. The van der Waals surface area contributed by atoms with Crippen molar-refractivity contribution in [1.82, 2.24) is 58.8 Å². The summed E-state index contributed by atoms with van der Waals surface area (Å²) in [5, 5.41) is 49.6. The van der Waals surface area contributed by atoms with Crippen LogP contribution in [0.1, 0.15) is 0 Å². The summed E-state index contributed by atoms with van der Waals surface area (Å²) < 4.78 is 0. The zero-order valence-electron chi connectivity index (χ0n) is 49.2. The van der Waals surface area contributed by atoms with E-state index in [0.29, 0.717) is 78.5 Å². The Morgan fingerprint density at radius 2 is 0.216 bits per heavy atom. The van der Waals surface area contributed by atoms with Crippen molar-refractivity contribution in [2.45, 2.75) is 22.4 Å². The Kier molecular flexibility index (Phi) is 148. The Morgan fingerprint density at radius 1 is 0.176 bits per heavy atom. The van der Waals surface area contributed by atoms with Crippen LogP contribution in [0.15, 0.2) is 0 Å². The van der Waals surface area contributed by atoms with Crippen molar-refractivity contribution in [1.29, 1.82) is 0 Å². The monoisotopic (exact) mass is 1780 g/mol. The third-order valence-corrected chi connectivity index (χ3v) is 7.25. The minimum atomic E-state index is -0.906. The van der Waals surface area contributed by atoms with Gasteiger partial charge in [0.25, 0.3) is 0 Å². The van der Waals surface area contributed by atoms with Gasteiger partial charge in [-0.15, -0.1) is 0 Å². The van der Waals surface area contributed by atoms with Gasteiger partial charge in [0.15, 0.2) is 0 Å². The van der Waals surface area contributed by atoms with Gasteiger partial charge in [0.05, 0.1) is 0 Å². The molecule has 0 aliphatic rings. The minimum Gasteiger partial charge on any atom is -2.00 e. The van der Waals surface area contributed by atoms with Crippen molar-refractivity contribution in [3.05, 3.63) is 0 Å². The van der Waals surface area contributed by atoms with E-state index in [1.54, 1.807) is 0 Å². The summed E-state index contributed by atoms with van der Waals surface area (Å²) in [6, 6.07) is 0. The summed E-state index contributed by atoms with van der Waals surface area (Å²) in [5.74, 6) is 0. The van der Waals surface area contributed by atoms with Crippen LogP contribution in [0, 0.1) is 0 Å². The topological polar surface area (TPSA) is 542 Å². The van der Waals surface area contributed by atoms with Crippen LogP contribution in [0.4, 0.5) is 0 Å². The molecule has 0 unspecified atom stereocenters. The van der Waals surface area contributed by atoms with Crippen molar-refractivity contribution in [3.63, 3.8) is 0 Å². The fourth-order valence-corrected chi connectivity index (χ4v) is 7.52. The number of nitrogens with zero attached hydrogens (tertiary/aromatic N) is 12. The average Bonchev–Trinajstić information content (AvgIpc) is 2.82. The van der Waals surface area contributed by atoms with Gasteiger partial charge in [0, 0.05) is 84.3 Å². The summed E-state index contributed by atoms with van der Waals surface area (Å²) >= 11 is 0. The summed E-state index contributed by atoms with van der Waals surface area (Å²) in [6.07, 6.45) is 0. The number of hydrogen-bond acceptors (Lipinski definition) is 16. The van der Waals surface area contributed by atoms with Gasteiger partial charge in [-0.05, 0) is 248 Å². The van der Waals surface area contributed by atoms with Crippen LogP contribution in [0.3, 0.4) is 0 Å². The second kappa shape index (κ2) is 74.6. The van der Waals surface area contributed by atoms with Crippen molar-refractivity contribution >= 4 is 0 Å². The van der Waals surface area contributed by atoms with Gasteiger partial charge in [-0.1, -0.05) is 22.4 Å². The molecule has 0 saturated heterocycles. The first kappa shape index (κ1) is 146. The molecule has 0 fully saturated rings. The molecule has 0 aliphatic heterocycles. The molecule has 34 heteroatoms. The summed E-state index contributed by atoms with van der Waals surface area (Å²) in [7, 11) is 46.6. The summed E-state index contributed by atoms with van der Waals surface area (Å²) in [6.45, 7) is 6.87. The van der Waals surface area contributed by atoms with Crippen LogP contribution < -0.4 is 20.4 Å². The van der Waals surface area contributed by atoms with Gasteiger partial charge in [0.1, 0.15) is 0 Å². The van der Waals surface area contributed by atoms with E-state index < -0.39 is 22.4 Å². The van der Waals surface area contributed by atoms with Crippen LogP contribution in [0.5, 0.6) is 0 Å². The second-order valence-corrected chi connectivity index (χ2v) is 19.6. The van der Waals surface area contributed by atoms with E-state index in [9.17, 15) is 20.4 Å². The molecule has 0 radical (unpaired) electrons. The largest absolute Gasteiger partial charge is 2.00 e. The molecular weight excluding hydrogens is 1670 g/mol. The number of likely N-dealkylation sites (N-methyl/N-ethyl adjacent to an activating group) is 12. The molecule has 480 valence electrons. The Balaban J connectivity index is -0.0000000225. The first-order chi connectivity index (χ1) is 25.0. The van der Waals surface area contributed by atoms with Crippen molar-refractivity contribution < 1.29 is 181 Å². The molecular formula is C40H104N12O18W4-24. The third kappa shape index (κ3) is 102. The second-order valence-electron chi connectivity index (χ2n) is 19.6. The fourth-order valence-electron chi connectivity index (χ4n) is 7.52. The standard InChI is InChI=1S/4C10H24N3O.4H2O.10O.4W/c4*1-11(2)7-10(14,8-12(3)4)9-13(5)6;;;;;;;;;;;;;;;;;;/h4*7-9H2,1-6H3;4*1H2;;;;;;;;;;;;;;/q4*-1;;;;;10*-2;;;;. The van der Waals surface area contributed by atoms with Crippen LogP contribution in [-0.2, 0) is 139 Å². The first-order valence-electron chi connectivity index (χ1n) is 19.6. The predicted molar refractivity (Wildman–Crippen MR) is 255 cm³/mol. The molecule has 74 heavy (non-hydrogen) atoms. The molecule has 8 N–H and O–H groups in total. The molecule has 0 rings (SSSR count). The summed E-state index contributed by atoms with van der Waals surface area (Å²) in [4.78, 5) is 23.5. The maximum Gasteiger partial charge on any atom is 0 e. The first-order valence-corrected chi connectivity index (χ1v) is 19.6. The number of hydrogen-bond donors (Lipinski definition) is 0. The zero-order chi connectivity index (χ0) is 45.4. The van der Waals surface area contributed by atoms with Gasteiger partial charge in [-0.3, -0.25) is 0 Å². The molecule has 0 aliphatic carbocycles. The van der Waals surface area contributed by atoms with Crippen molar-refractivity contribution in [3.8, 4) is 0 Å². The van der Waals surface area contributed by atoms with Crippen LogP contribution in [-0.4, -0.2) is 351 Å². The molecule has 0 atom stereocenters. The Hall–Kier alpha value is 1.55. The maximum atomic E-state index is 12.4. The molecule has 0 aromatic rings. The van der Waals surface area contributed by atoms with E-state index >= 15 is 0 Å². The van der Waals surface area contributed by atoms with Gasteiger partial charge >= 0.3 is 0 Å². The molecule has 0 saturated carbocycles. The van der Waals surface area contributed by atoms with E-state index in [1.807, 2.05) is 228 Å². The normalized spacial score (nSPS) is 10.1.